The molecule has 2 aromatic heterocycles. The SMILES string of the molecule is N#Cc1c(N2CCC(c3ncc(S(F)(F)(F)(F)F)cn3)CC2)nc2c(c1NC1(CO)CCC1)[S@](=O)CC2. The number of aromatic nitrogens is 3. The van der Waals surface area contributed by atoms with E-state index >= 15 is 0 Å². The van der Waals surface area contributed by atoms with Crippen molar-refractivity contribution in [1.29, 1.82) is 5.26 Å². The van der Waals surface area contributed by atoms with Gasteiger partial charge in [0.1, 0.15) is 28.2 Å². The summed E-state index contributed by atoms with van der Waals surface area (Å²) in [5, 5.41) is 23.4. The highest BCUT2D eigenvalue weighted by Crippen LogP contribution is 3.01. The van der Waals surface area contributed by atoms with Crippen molar-refractivity contribution in [2.24, 2.45) is 0 Å². The fourth-order valence-electron chi connectivity index (χ4n) is 5.04. The predicted molar refractivity (Wildman–Crippen MR) is 129 cm³/mol. The van der Waals surface area contributed by atoms with E-state index in [-0.39, 0.29) is 36.3 Å². The van der Waals surface area contributed by atoms with Gasteiger partial charge in [0.2, 0.25) is 0 Å². The molecule has 1 saturated heterocycles. The van der Waals surface area contributed by atoms with Gasteiger partial charge >= 0.3 is 10.2 Å². The number of aliphatic hydroxyl groups is 1. The van der Waals surface area contributed by atoms with Crippen molar-refractivity contribution in [1.82, 2.24) is 15.0 Å². The van der Waals surface area contributed by atoms with Gasteiger partial charge in [-0.25, -0.2) is 15.0 Å². The summed E-state index contributed by atoms with van der Waals surface area (Å²) in [4.78, 5) is 12.1. The number of nitriles is 1. The first kappa shape index (κ1) is 26.1. The number of aryl methyl sites for hydroxylation is 1. The lowest BCUT2D eigenvalue weighted by Crippen LogP contribution is -2.48. The average Bonchev–Trinajstić information content (AvgIpc) is 3.20. The number of nitrogens with zero attached hydrogens (tertiary/aromatic N) is 5. The van der Waals surface area contributed by atoms with Crippen molar-refractivity contribution in [2.75, 3.05) is 35.7 Å². The summed E-state index contributed by atoms with van der Waals surface area (Å²) in [7, 11) is -11.2. The van der Waals surface area contributed by atoms with Crippen LogP contribution in [0.2, 0.25) is 0 Å². The quantitative estimate of drug-likeness (QED) is 0.482. The number of nitrogens with one attached hydrogen (secondary N) is 1. The Hall–Kier alpha value is -2.57. The highest BCUT2D eigenvalue weighted by molar-refractivity contribution is 8.45. The predicted octanol–water partition coefficient (Wildman–Crippen LogP) is 4.78. The molecule has 0 spiro atoms. The number of fused-ring (bicyclic) bond motifs is 1. The Kier molecular flexibility index (Phi) is 5.78. The second kappa shape index (κ2) is 8.21. The third-order valence-electron chi connectivity index (χ3n) is 7.32. The Morgan fingerprint density at radius 1 is 1.19 bits per heavy atom. The Balaban J connectivity index is 1.40. The molecular formula is C22H25F5N6O2S2. The minimum atomic E-state index is -9.84. The van der Waals surface area contributed by atoms with Gasteiger partial charge in [0, 0.05) is 31.2 Å². The van der Waals surface area contributed by atoms with Crippen LogP contribution in [0, 0.1) is 11.3 Å². The Morgan fingerprint density at radius 2 is 1.84 bits per heavy atom. The first-order chi connectivity index (χ1) is 17.2. The second-order valence-corrected chi connectivity index (χ2v) is 13.7. The largest absolute Gasteiger partial charge is 0.394 e. The van der Waals surface area contributed by atoms with Crippen LogP contribution in [-0.2, 0) is 17.2 Å². The van der Waals surface area contributed by atoms with Crippen LogP contribution < -0.4 is 10.2 Å². The van der Waals surface area contributed by atoms with Crippen molar-refractivity contribution in [3.63, 3.8) is 0 Å². The van der Waals surface area contributed by atoms with Gasteiger partial charge in [-0.05, 0) is 32.1 Å². The van der Waals surface area contributed by atoms with Crippen LogP contribution in [0.4, 0.5) is 30.9 Å². The molecule has 3 aliphatic rings. The van der Waals surface area contributed by atoms with Crippen molar-refractivity contribution in [3.8, 4) is 6.07 Å². The molecule has 1 aliphatic carbocycles. The Bertz CT molecular complexity index is 1300. The molecule has 15 heteroatoms. The molecule has 2 N–H and O–H groups in total. The van der Waals surface area contributed by atoms with Crippen molar-refractivity contribution >= 4 is 32.5 Å². The molecule has 0 unspecified atom stereocenters. The molecule has 0 amide bonds. The summed E-state index contributed by atoms with van der Waals surface area (Å²) in [6.07, 6.45) is 3.97. The van der Waals surface area contributed by atoms with E-state index in [0.29, 0.717) is 60.2 Å². The molecule has 1 saturated carbocycles. The van der Waals surface area contributed by atoms with Crippen LogP contribution >= 0.6 is 10.2 Å². The molecule has 2 aromatic rings. The first-order valence-corrected chi connectivity index (χ1v) is 15.1. The minimum absolute atomic E-state index is 0.0558. The van der Waals surface area contributed by atoms with E-state index in [1.165, 1.54) is 0 Å². The lowest BCUT2D eigenvalue weighted by molar-refractivity contribution is 0.144. The summed E-state index contributed by atoms with van der Waals surface area (Å²) in [6, 6.07) is 2.20. The van der Waals surface area contributed by atoms with Gasteiger partial charge in [-0.15, -0.1) is 0 Å². The van der Waals surface area contributed by atoms with Crippen LogP contribution in [0.1, 0.15) is 55.1 Å². The van der Waals surface area contributed by atoms with Gasteiger partial charge < -0.3 is 15.3 Å². The van der Waals surface area contributed by atoms with Gasteiger partial charge in [-0.2, -0.15) is 5.26 Å². The standard InChI is InChI=1S/C22H25F5N6O2S2/c23-37(24,25,26,27)15-11-29-20(30-12-15)14-2-7-33(8-3-14)21-16(10-28)18(32-22(13-34)5-1-6-22)19-17(31-21)4-9-36(19)35/h11-12,14,34H,1-9,13H2,(H,31,32)/t36-/m1/s1. The molecular weight excluding hydrogens is 539 g/mol. The number of aliphatic hydroxyl groups excluding tert-OH is 1. The summed E-state index contributed by atoms with van der Waals surface area (Å²) >= 11 is 0. The highest BCUT2D eigenvalue weighted by Gasteiger charge is 2.66. The van der Waals surface area contributed by atoms with E-state index in [1.54, 1.807) is 0 Å². The van der Waals surface area contributed by atoms with Crippen molar-refractivity contribution in [3.05, 3.63) is 29.5 Å². The van der Waals surface area contributed by atoms with Crippen LogP contribution in [0.15, 0.2) is 22.2 Å². The normalized spacial score (nSPS) is 23.4. The first-order valence-electron chi connectivity index (χ1n) is 11.8. The fourth-order valence-corrected chi connectivity index (χ4v) is 6.92. The summed E-state index contributed by atoms with van der Waals surface area (Å²) < 4.78 is 77.7. The van der Waals surface area contributed by atoms with Crippen LogP contribution in [0.25, 0.3) is 0 Å². The lowest BCUT2D eigenvalue weighted by Gasteiger charge is -2.42. The van der Waals surface area contributed by atoms with Crippen LogP contribution in [0.3, 0.4) is 0 Å². The monoisotopic (exact) mass is 564 g/mol. The Labute approximate surface area is 212 Å². The molecule has 5 rings (SSSR count). The van der Waals surface area contributed by atoms with Crippen LogP contribution in [0.5, 0.6) is 0 Å². The number of hydrogen-bond donors (Lipinski definition) is 2. The van der Waals surface area contributed by atoms with E-state index in [0.717, 1.165) is 19.3 Å². The molecule has 202 valence electrons. The van der Waals surface area contributed by atoms with E-state index in [9.17, 15) is 34.0 Å². The highest BCUT2D eigenvalue weighted by atomic mass is 32.5. The summed E-state index contributed by atoms with van der Waals surface area (Å²) in [6.45, 7) is 0.639. The van der Waals surface area contributed by atoms with Crippen LogP contribution in [-0.4, -0.2) is 55.3 Å². The number of anilines is 2. The minimum Gasteiger partial charge on any atom is -0.394 e. The average molecular weight is 565 g/mol. The van der Waals surface area contributed by atoms with E-state index in [2.05, 4.69) is 26.3 Å². The van der Waals surface area contributed by atoms with Crippen molar-refractivity contribution in [2.45, 2.75) is 59.8 Å². The molecule has 0 radical (unpaired) electrons. The molecule has 2 aliphatic heterocycles. The Morgan fingerprint density at radius 3 is 2.35 bits per heavy atom. The summed E-state index contributed by atoms with van der Waals surface area (Å²) in [5.74, 6) is 0.527. The lowest BCUT2D eigenvalue weighted by atomic mass is 9.77. The molecule has 8 nitrogen and oxygen atoms in total. The molecule has 2 fully saturated rings. The van der Waals surface area contributed by atoms with Crippen molar-refractivity contribution < 1.29 is 28.7 Å². The number of hydrogen-bond acceptors (Lipinski definition) is 8. The van der Waals surface area contributed by atoms with Gasteiger partial charge in [0.05, 0.1) is 51.6 Å². The zero-order chi connectivity index (χ0) is 26.7. The van der Waals surface area contributed by atoms with E-state index < -0.39 is 31.5 Å². The maximum absolute atomic E-state index is 13.0. The molecule has 0 aromatic carbocycles. The topological polar surface area (TPSA) is 115 Å². The zero-order valence-electron chi connectivity index (χ0n) is 19.6. The number of halogens is 5. The third-order valence-corrected chi connectivity index (χ3v) is 9.90. The fraction of sp³-hybridized carbons (Fsp3) is 0.545. The maximum atomic E-state index is 13.0. The number of rotatable bonds is 6. The maximum Gasteiger partial charge on any atom is 0.313 e. The van der Waals surface area contributed by atoms with Gasteiger partial charge in [-0.1, -0.05) is 19.4 Å². The molecule has 0 bridgehead atoms. The van der Waals surface area contributed by atoms with Gasteiger partial charge in [0.15, 0.2) is 0 Å². The molecule has 4 heterocycles. The molecule has 1 atom stereocenters. The second-order valence-electron chi connectivity index (χ2n) is 9.80. The molecule has 37 heavy (non-hydrogen) atoms. The number of piperidine rings is 1. The van der Waals surface area contributed by atoms with E-state index in [1.807, 2.05) is 4.90 Å². The summed E-state index contributed by atoms with van der Waals surface area (Å²) in [5.41, 5.74) is 0.753. The van der Waals surface area contributed by atoms with E-state index in [4.69, 9.17) is 0 Å². The van der Waals surface area contributed by atoms with Gasteiger partial charge in [-0.3, -0.25) is 4.21 Å². The third kappa shape index (κ3) is 4.86. The smallest absolute Gasteiger partial charge is 0.313 e. The zero-order valence-corrected chi connectivity index (χ0v) is 21.2. The number of pyridine rings is 1. The van der Waals surface area contributed by atoms with Gasteiger partial charge in [0.25, 0.3) is 0 Å².